The fourth-order valence-electron chi connectivity index (χ4n) is 2.62. The molecule has 0 aliphatic carbocycles. The standard InChI is InChI=1S/C20H24N4O4.ClH/c1-14(26)23-18(12-28-19(27)11-15-5-3-2-4-6-15)16-7-9-17(10-8-16)20(21)24(22)13-25;/h2-10,13,18,20H,11-12,21-22H2,1H3,(H,23,26);1H. The van der Waals surface area contributed by atoms with E-state index in [1.807, 2.05) is 30.3 Å². The number of esters is 1. The highest BCUT2D eigenvalue weighted by Gasteiger charge is 2.17. The Kier molecular flexibility index (Phi) is 9.81. The first kappa shape index (κ1) is 24.1. The van der Waals surface area contributed by atoms with Gasteiger partial charge in [0, 0.05) is 6.92 Å². The molecule has 2 rings (SSSR count). The Labute approximate surface area is 175 Å². The molecule has 156 valence electrons. The van der Waals surface area contributed by atoms with Crippen LogP contribution in [0, 0.1) is 0 Å². The summed E-state index contributed by atoms with van der Waals surface area (Å²) < 4.78 is 5.34. The largest absolute Gasteiger partial charge is 0.463 e. The monoisotopic (exact) mass is 420 g/mol. The van der Waals surface area contributed by atoms with Crippen LogP contribution in [-0.4, -0.2) is 29.9 Å². The summed E-state index contributed by atoms with van der Waals surface area (Å²) in [5, 5.41) is 3.61. The number of hydrogen-bond acceptors (Lipinski definition) is 6. The summed E-state index contributed by atoms with van der Waals surface area (Å²) in [5.74, 6) is 4.85. The van der Waals surface area contributed by atoms with E-state index in [1.165, 1.54) is 6.92 Å². The third-order valence-corrected chi connectivity index (χ3v) is 4.10. The molecule has 5 N–H and O–H groups in total. The predicted molar refractivity (Wildman–Crippen MR) is 110 cm³/mol. The fraction of sp³-hybridized carbons (Fsp3) is 0.250. The average molecular weight is 421 g/mol. The van der Waals surface area contributed by atoms with Crippen molar-refractivity contribution in [2.24, 2.45) is 11.6 Å². The maximum Gasteiger partial charge on any atom is 0.310 e. The summed E-state index contributed by atoms with van der Waals surface area (Å²) in [6.45, 7) is 1.38. The zero-order valence-electron chi connectivity index (χ0n) is 16.0. The second-order valence-electron chi connectivity index (χ2n) is 6.26. The van der Waals surface area contributed by atoms with Gasteiger partial charge < -0.3 is 15.8 Å². The van der Waals surface area contributed by atoms with Crippen molar-refractivity contribution >= 4 is 30.7 Å². The van der Waals surface area contributed by atoms with Crippen LogP contribution in [0.2, 0.25) is 0 Å². The molecule has 8 nitrogen and oxygen atoms in total. The van der Waals surface area contributed by atoms with E-state index in [2.05, 4.69) is 5.32 Å². The highest BCUT2D eigenvalue weighted by atomic mass is 35.5. The number of hydrogen-bond donors (Lipinski definition) is 3. The second-order valence-corrected chi connectivity index (χ2v) is 6.26. The molecule has 9 heteroatoms. The van der Waals surface area contributed by atoms with Gasteiger partial charge in [-0.05, 0) is 16.7 Å². The van der Waals surface area contributed by atoms with Crippen LogP contribution in [0.15, 0.2) is 54.6 Å². The zero-order chi connectivity index (χ0) is 20.5. The number of halogens is 1. The molecule has 2 aromatic carbocycles. The maximum atomic E-state index is 12.1. The summed E-state index contributed by atoms with van der Waals surface area (Å²) in [4.78, 5) is 34.3. The minimum absolute atomic E-state index is 0. The van der Waals surface area contributed by atoms with Crippen LogP contribution in [0.25, 0.3) is 0 Å². The Balaban J connectivity index is 0.00000420. The molecule has 0 heterocycles. The molecule has 2 atom stereocenters. The molecule has 0 aromatic heterocycles. The van der Waals surface area contributed by atoms with Crippen molar-refractivity contribution in [2.45, 2.75) is 25.6 Å². The predicted octanol–water partition coefficient (Wildman–Crippen LogP) is 1.36. The molecule has 29 heavy (non-hydrogen) atoms. The van der Waals surface area contributed by atoms with E-state index >= 15 is 0 Å². The van der Waals surface area contributed by atoms with Crippen LogP contribution >= 0.6 is 12.4 Å². The molecular formula is C20H25ClN4O4. The van der Waals surface area contributed by atoms with Crippen LogP contribution in [0.1, 0.15) is 35.8 Å². The van der Waals surface area contributed by atoms with Crippen LogP contribution in [0.5, 0.6) is 0 Å². The number of nitrogens with zero attached hydrogens (tertiary/aromatic N) is 1. The summed E-state index contributed by atoms with van der Waals surface area (Å²) in [6.07, 6.45) is -0.195. The number of benzene rings is 2. The van der Waals surface area contributed by atoms with Gasteiger partial charge in [-0.2, -0.15) is 0 Å². The molecule has 2 amide bonds. The van der Waals surface area contributed by atoms with Crippen molar-refractivity contribution in [3.8, 4) is 0 Å². The Morgan fingerprint density at radius 1 is 1.10 bits per heavy atom. The Morgan fingerprint density at radius 2 is 1.69 bits per heavy atom. The van der Waals surface area contributed by atoms with Gasteiger partial charge in [0.1, 0.15) is 12.8 Å². The first-order valence-corrected chi connectivity index (χ1v) is 8.71. The number of nitrogens with two attached hydrogens (primary N) is 2. The third kappa shape index (κ3) is 7.53. The Bertz CT molecular complexity index is 802. The Hall–Kier alpha value is -2.94. The lowest BCUT2D eigenvalue weighted by Gasteiger charge is -2.22. The lowest BCUT2D eigenvalue weighted by molar-refractivity contribution is -0.144. The van der Waals surface area contributed by atoms with Gasteiger partial charge in [0.15, 0.2) is 0 Å². The zero-order valence-corrected chi connectivity index (χ0v) is 16.8. The van der Waals surface area contributed by atoms with E-state index in [0.717, 1.165) is 16.1 Å². The smallest absolute Gasteiger partial charge is 0.310 e. The normalized spacial score (nSPS) is 12.1. The van der Waals surface area contributed by atoms with Gasteiger partial charge in [0.05, 0.1) is 12.5 Å². The van der Waals surface area contributed by atoms with Crippen molar-refractivity contribution in [2.75, 3.05) is 6.61 Å². The highest BCUT2D eigenvalue weighted by Crippen LogP contribution is 2.18. The summed E-state index contributed by atoms with van der Waals surface area (Å²) in [7, 11) is 0. The molecule has 0 aliphatic heterocycles. The first-order valence-electron chi connectivity index (χ1n) is 8.71. The molecule has 0 saturated carbocycles. The van der Waals surface area contributed by atoms with E-state index < -0.39 is 12.2 Å². The van der Waals surface area contributed by atoms with Crippen molar-refractivity contribution in [1.29, 1.82) is 0 Å². The van der Waals surface area contributed by atoms with Gasteiger partial charge in [-0.25, -0.2) is 5.84 Å². The molecule has 0 aliphatic rings. The van der Waals surface area contributed by atoms with Crippen molar-refractivity contribution in [1.82, 2.24) is 10.3 Å². The Morgan fingerprint density at radius 3 is 2.24 bits per heavy atom. The molecule has 0 spiro atoms. The molecule has 0 fully saturated rings. The quantitative estimate of drug-likeness (QED) is 0.140. The van der Waals surface area contributed by atoms with Gasteiger partial charge in [-0.15, -0.1) is 12.4 Å². The van der Waals surface area contributed by atoms with Gasteiger partial charge in [0.25, 0.3) is 0 Å². The number of rotatable bonds is 9. The number of amides is 2. The van der Waals surface area contributed by atoms with E-state index in [-0.39, 0.29) is 37.3 Å². The van der Waals surface area contributed by atoms with Gasteiger partial charge in [-0.1, -0.05) is 54.6 Å². The van der Waals surface area contributed by atoms with Crippen molar-refractivity contribution < 1.29 is 19.1 Å². The number of ether oxygens (including phenoxy) is 1. The summed E-state index contributed by atoms with van der Waals surface area (Å²) in [6, 6.07) is 15.6. The van der Waals surface area contributed by atoms with E-state index in [1.54, 1.807) is 24.3 Å². The van der Waals surface area contributed by atoms with Crippen molar-refractivity contribution in [3.63, 3.8) is 0 Å². The molecule has 2 aromatic rings. The van der Waals surface area contributed by atoms with Gasteiger partial charge >= 0.3 is 5.97 Å². The molecule has 0 saturated heterocycles. The second kappa shape index (κ2) is 11.8. The topological polar surface area (TPSA) is 128 Å². The number of nitrogens with one attached hydrogen (secondary N) is 1. The minimum atomic E-state index is -0.783. The van der Waals surface area contributed by atoms with E-state index in [9.17, 15) is 14.4 Å². The minimum Gasteiger partial charge on any atom is -0.463 e. The molecular weight excluding hydrogens is 396 g/mol. The SMILES string of the molecule is CC(=O)NC(COC(=O)Cc1ccccc1)c1ccc(C(N)N(N)C=O)cc1.Cl. The number of carbonyl (C=O) groups excluding carboxylic acids is 3. The van der Waals surface area contributed by atoms with Crippen LogP contribution < -0.4 is 16.9 Å². The lowest BCUT2D eigenvalue weighted by Crippen LogP contribution is -2.38. The van der Waals surface area contributed by atoms with Crippen LogP contribution in [0.3, 0.4) is 0 Å². The van der Waals surface area contributed by atoms with E-state index in [0.29, 0.717) is 12.0 Å². The molecule has 2 unspecified atom stereocenters. The number of carbonyl (C=O) groups is 3. The number of hydrazine groups is 1. The van der Waals surface area contributed by atoms with Crippen LogP contribution in [-0.2, 0) is 25.5 Å². The van der Waals surface area contributed by atoms with E-state index in [4.69, 9.17) is 16.3 Å². The van der Waals surface area contributed by atoms with Crippen molar-refractivity contribution in [3.05, 3.63) is 71.3 Å². The van der Waals surface area contributed by atoms with Gasteiger partial charge in [-0.3, -0.25) is 19.4 Å². The van der Waals surface area contributed by atoms with Gasteiger partial charge in [0.2, 0.25) is 12.3 Å². The molecule has 0 bridgehead atoms. The highest BCUT2D eigenvalue weighted by molar-refractivity contribution is 5.85. The maximum absolute atomic E-state index is 12.1. The fourth-order valence-corrected chi connectivity index (χ4v) is 2.62. The average Bonchev–Trinajstić information content (AvgIpc) is 2.70. The summed E-state index contributed by atoms with van der Waals surface area (Å²) in [5.41, 5.74) is 8.06. The lowest BCUT2D eigenvalue weighted by atomic mass is 10.0. The third-order valence-electron chi connectivity index (χ3n) is 4.10. The molecule has 0 radical (unpaired) electrons. The first-order chi connectivity index (χ1) is 13.4. The summed E-state index contributed by atoms with van der Waals surface area (Å²) >= 11 is 0. The van der Waals surface area contributed by atoms with Crippen LogP contribution in [0.4, 0.5) is 0 Å².